The Hall–Kier alpha value is -1.30. The molecular formula is C14H20ClN3O2. The van der Waals surface area contributed by atoms with Gasteiger partial charge in [0, 0.05) is 25.4 Å². The smallest absolute Gasteiger partial charge is 0.238 e. The molecule has 0 spiro atoms. The number of hydrogen-bond acceptors (Lipinski definition) is 4. The summed E-state index contributed by atoms with van der Waals surface area (Å²) in [4.78, 5) is 14.2. The lowest BCUT2D eigenvalue weighted by Gasteiger charge is -2.21. The maximum Gasteiger partial charge on any atom is 0.238 e. The molecule has 0 aliphatic carbocycles. The van der Waals surface area contributed by atoms with Crippen LogP contribution >= 0.6 is 11.6 Å². The highest BCUT2D eigenvalue weighted by molar-refractivity contribution is 6.33. The molecule has 1 aromatic rings. The summed E-state index contributed by atoms with van der Waals surface area (Å²) in [5.41, 5.74) is 6.81. The van der Waals surface area contributed by atoms with E-state index in [-0.39, 0.29) is 12.0 Å². The van der Waals surface area contributed by atoms with Crippen LogP contribution in [0.3, 0.4) is 0 Å². The Morgan fingerprint density at radius 3 is 3.20 bits per heavy atom. The van der Waals surface area contributed by atoms with E-state index in [4.69, 9.17) is 22.1 Å². The largest absolute Gasteiger partial charge is 0.399 e. The molecule has 1 fully saturated rings. The number of halogens is 1. The van der Waals surface area contributed by atoms with Crippen LogP contribution in [0.5, 0.6) is 0 Å². The third-order valence-corrected chi connectivity index (χ3v) is 3.50. The summed E-state index contributed by atoms with van der Waals surface area (Å²) in [5.74, 6) is -0.0911. The third-order valence-electron chi connectivity index (χ3n) is 3.17. The topological polar surface area (TPSA) is 67.6 Å². The second-order valence-corrected chi connectivity index (χ2v) is 5.46. The second-order valence-electron chi connectivity index (χ2n) is 5.06. The fourth-order valence-electron chi connectivity index (χ4n) is 2.26. The maximum absolute atomic E-state index is 12.1. The number of nitrogens with one attached hydrogen (secondary N) is 1. The maximum atomic E-state index is 12.1. The molecule has 0 radical (unpaired) electrons. The van der Waals surface area contributed by atoms with Gasteiger partial charge in [-0.15, -0.1) is 0 Å². The number of ether oxygens (including phenoxy) is 1. The van der Waals surface area contributed by atoms with Gasteiger partial charge in [0.05, 0.1) is 23.4 Å². The summed E-state index contributed by atoms with van der Waals surface area (Å²) < 4.78 is 5.56. The van der Waals surface area contributed by atoms with Gasteiger partial charge in [0.25, 0.3) is 0 Å². The highest BCUT2D eigenvalue weighted by Crippen LogP contribution is 2.24. The molecule has 0 saturated carbocycles. The molecule has 1 heterocycles. The van der Waals surface area contributed by atoms with Gasteiger partial charge in [-0.3, -0.25) is 9.69 Å². The van der Waals surface area contributed by atoms with Gasteiger partial charge in [-0.2, -0.15) is 0 Å². The number of rotatable bonds is 3. The van der Waals surface area contributed by atoms with E-state index in [1.165, 1.54) is 0 Å². The number of nitrogens with zero attached hydrogens (tertiary/aromatic N) is 1. The molecule has 0 bridgehead atoms. The van der Waals surface area contributed by atoms with Crippen LogP contribution in [-0.2, 0) is 9.53 Å². The zero-order valence-electron chi connectivity index (χ0n) is 11.6. The van der Waals surface area contributed by atoms with Crippen molar-refractivity contribution in [3.63, 3.8) is 0 Å². The monoisotopic (exact) mass is 297 g/mol. The molecule has 2 rings (SSSR count). The number of carbonyl (C=O) groups is 1. The van der Waals surface area contributed by atoms with Crippen LogP contribution in [0.1, 0.15) is 13.3 Å². The first-order valence-electron chi connectivity index (χ1n) is 6.73. The van der Waals surface area contributed by atoms with Crippen molar-refractivity contribution in [2.75, 3.05) is 37.3 Å². The highest BCUT2D eigenvalue weighted by atomic mass is 35.5. The Morgan fingerprint density at radius 1 is 1.60 bits per heavy atom. The minimum atomic E-state index is -0.0911. The van der Waals surface area contributed by atoms with Crippen molar-refractivity contribution in [1.29, 1.82) is 0 Å². The zero-order valence-corrected chi connectivity index (χ0v) is 12.3. The summed E-state index contributed by atoms with van der Waals surface area (Å²) in [6.45, 7) is 4.73. The van der Waals surface area contributed by atoms with Gasteiger partial charge in [-0.1, -0.05) is 11.6 Å². The summed E-state index contributed by atoms with van der Waals surface area (Å²) in [5, 5.41) is 3.29. The summed E-state index contributed by atoms with van der Waals surface area (Å²) >= 11 is 6.03. The molecule has 1 saturated heterocycles. The fourth-order valence-corrected chi connectivity index (χ4v) is 2.42. The zero-order chi connectivity index (χ0) is 14.5. The normalized spacial score (nSPS) is 20.4. The number of anilines is 2. The highest BCUT2D eigenvalue weighted by Gasteiger charge is 2.17. The molecule has 1 unspecified atom stereocenters. The SMILES string of the molecule is CC1CN(CC(=O)Nc2cc(N)ccc2Cl)CCCO1. The van der Waals surface area contributed by atoms with Crippen molar-refractivity contribution in [2.24, 2.45) is 0 Å². The van der Waals surface area contributed by atoms with Crippen molar-refractivity contribution in [3.05, 3.63) is 23.2 Å². The summed E-state index contributed by atoms with van der Waals surface area (Å²) in [6, 6.07) is 5.04. The number of carbonyl (C=O) groups excluding carboxylic acids is 1. The van der Waals surface area contributed by atoms with Crippen molar-refractivity contribution in [1.82, 2.24) is 4.90 Å². The Kier molecular flexibility index (Phi) is 5.23. The summed E-state index contributed by atoms with van der Waals surface area (Å²) in [7, 11) is 0. The van der Waals surface area contributed by atoms with Gasteiger partial charge in [-0.25, -0.2) is 0 Å². The van der Waals surface area contributed by atoms with Crippen LogP contribution < -0.4 is 11.1 Å². The lowest BCUT2D eigenvalue weighted by atomic mass is 10.2. The van der Waals surface area contributed by atoms with Crippen LogP contribution in [-0.4, -0.2) is 43.2 Å². The van der Waals surface area contributed by atoms with E-state index in [0.717, 1.165) is 26.1 Å². The number of nitrogen functional groups attached to an aromatic ring is 1. The summed E-state index contributed by atoms with van der Waals surface area (Å²) in [6.07, 6.45) is 1.10. The van der Waals surface area contributed by atoms with Gasteiger partial charge in [-0.05, 0) is 31.5 Å². The van der Waals surface area contributed by atoms with Crippen LogP contribution in [0.25, 0.3) is 0 Å². The van der Waals surface area contributed by atoms with E-state index in [1.54, 1.807) is 18.2 Å². The molecule has 1 aromatic carbocycles. The molecule has 0 aromatic heterocycles. The predicted molar refractivity (Wildman–Crippen MR) is 81.0 cm³/mol. The van der Waals surface area contributed by atoms with Crippen molar-refractivity contribution < 1.29 is 9.53 Å². The first-order chi connectivity index (χ1) is 9.54. The van der Waals surface area contributed by atoms with E-state index in [0.29, 0.717) is 22.9 Å². The van der Waals surface area contributed by atoms with Gasteiger partial charge < -0.3 is 15.8 Å². The first kappa shape index (κ1) is 15.1. The Bertz CT molecular complexity index is 481. The molecule has 110 valence electrons. The van der Waals surface area contributed by atoms with Gasteiger partial charge in [0.15, 0.2) is 0 Å². The van der Waals surface area contributed by atoms with E-state index in [1.807, 2.05) is 6.92 Å². The molecule has 3 N–H and O–H groups in total. The Labute approximate surface area is 124 Å². The molecule has 5 nitrogen and oxygen atoms in total. The average Bonchev–Trinajstić information content (AvgIpc) is 2.58. The third kappa shape index (κ3) is 4.37. The quantitative estimate of drug-likeness (QED) is 0.837. The lowest BCUT2D eigenvalue weighted by molar-refractivity contribution is -0.117. The number of amides is 1. The van der Waals surface area contributed by atoms with E-state index in [2.05, 4.69) is 10.2 Å². The predicted octanol–water partition coefficient (Wildman–Crippen LogP) is 1.97. The molecule has 1 atom stereocenters. The van der Waals surface area contributed by atoms with E-state index in [9.17, 15) is 4.79 Å². The first-order valence-corrected chi connectivity index (χ1v) is 7.11. The molecule has 6 heteroatoms. The average molecular weight is 298 g/mol. The molecule has 1 aliphatic heterocycles. The van der Waals surface area contributed by atoms with Crippen LogP contribution in [0.15, 0.2) is 18.2 Å². The minimum absolute atomic E-state index is 0.0911. The lowest BCUT2D eigenvalue weighted by Crippen LogP contribution is -2.37. The van der Waals surface area contributed by atoms with Crippen molar-refractivity contribution >= 4 is 28.9 Å². The molecule has 1 aliphatic rings. The number of benzene rings is 1. The van der Waals surface area contributed by atoms with Crippen molar-refractivity contribution in [3.8, 4) is 0 Å². The van der Waals surface area contributed by atoms with Gasteiger partial charge >= 0.3 is 0 Å². The van der Waals surface area contributed by atoms with Crippen LogP contribution in [0.2, 0.25) is 5.02 Å². The van der Waals surface area contributed by atoms with Gasteiger partial charge in [0.2, 0.25) is 5.91 Å². The number of nitrogens with two attached hydrogens (primary N) is 1. The second kappa shape index (κ2) is 6.92. The molecule has 20 heavy (non-hydrogen) atoms. The van der Waals surface area contributed by atoms with Crippen LogP contribution in [0, 0.1) is 0 Å². The molecular weight excluding hydrogens is 278 g/mol. The molecule has 1 amide bonds. The van der Waals surface area contributed by atoms with Crippen LogP contribution in [0.4, 0.5) is 11.4 Å². The van der Waals surface area contributed by atoms with E-state index < -0.39 is 0 Å². The fraction of sp³-hybridized carbons (Fsp3) is 0.500. The number of hydrogen-bond donors (Lipinski definition) is 2. The minimum Gasteiger partial charge on any atom is -0.399 e. The van der Waals surface area contributed by atoms with Gasteiger partial charge in [0.1, 0.15) is 0 Å². The standard InChI is InChI=1S/C14H20ClN3O2/c1-10-8-18(5-2-6-20-10)9-14(19)17-13-7-11(16)3-4-12(13)15/h3-4,7,10H,2,5-6,8-9,16H2,1H3,(H,17,19). The van der Waals surface area contributed by atoms with E-state index >= 15 is 0 Å². The Morgan fingerprint density at radius 2 is 2.40 bits per heavy atom. The van der Waals surface area contributed by atoms with Crippen molar-refractivity contribution in [2.45, 2.75) is 19.4 Å². The Balaban J connectivity index is 1.93.